The largest absolute Gasteiger partial charge is 0.308 e. The van der Waals surface area contributed by atoms with Gasteiger partial charge in [-0.2, -0.15) is 0 Å². The molecule has 4 nitrogen and oxygen atoms in total. The lowest BCUT2D eigenvalue weighted by molar-refractivity contribution is -0.116. The van der Waals surface area contributed by atoms with Crippen LogP contribution >= 0.6 is 34.7 Å². The highest BCUT2D eigenvalue weighted by molar-refractivity contribution is 8.00. The van der Waals surface area contributed by atoms with Crippen molar-refractivity contribution in [3.63, 3.8) is 0 Å². The Morgan fingerprint density at radius 3 is 2.39 bits per heavy atom. The van der Waals surface area contributed by atoms with Crippen LogP contribution < -0.4 is 4.90 Å². The lowest BCUT2D eigenvalue weighted by Gasteiger charge is -2.21. The molecular weight excluding hydrogens is 410 g/mol. The fourth-order valence-electron chi connectivity index (χ4n) is 2.74. The van der Waals surface area contributed by atoms with Crippen molar-refractivity contribution in [1.82, 2.24) is 9.88 Å². The van der Waals surface area contributed by atoms with Gasteiger partial charge in [0, 0.05) is 23.0 Å². The van der Waals surface area contributed by atoms with Gasteiger partial charge in [-0.25, -0.2) is 4.98 Å². The monoisotopic (exact) mass is 433 g/mol. The molecule has 0 aliphatic rings. The van der Waals surface area contributed by atoms with Gasteiger partial charge in [-0.1, -0.05) is 35.1 Å². The smallest absolute Gasteiger partial charge is 0.239 e. The van der Waals surface area contributed by atoms with E-state index in [0.717, 1.165) is 32.4 Å². The predicted octanol–water partition coefficient (Wildman–Crippen LogP) is 5.25. The summed E-state index contributed by atoms with van der Waals surface area (Å²) in [6.45, 7) is 5.55. The van der Waals surface area contributed by atoms with Gasteiger partial charge in [0.15, 0.2) is 5.13 Å². The zero-order chi connectivity index (χ0) is 20.3. The van der Waals surface area contributed by atoms with Crippen molar-refractivity contribution in [2.24, 2.45) is 0 Å². The Morgan fingerprint density at radius 1 is 1.07 bits per heavy atom. The minimum Gasteiger partial charge on any atom is -0.308 e. The Balaban J connectivity index is 1.83. The summed E-state index contributed by atoms with van der Waals surface area (Å²) in [4.78, 5) is 22.8. The molecule has 0 aliphatic carbocycles. The first-order chi connectivity index (χ1) is 13.3. The number of nitrogens with zero attached hydrogens (tertiary/aromatic N) is 3. The summed E-state index contributed by atoms with van der Waals surface area (Å²) in [6, 6.07) is 11.8. The molecule has 148 valence electrons. The highest BCUT2D eigenvalue weighted by Crippen LogP contribution is 2.33. The molecule has 0 bridgehead atoms. The third kappa shape index (κ3) is 5.06. The molecule has 0 atom stereocenters. The highest BCUT2D eigenvalue weighted by atomic mass is 35.5. The lowest BCUT2D eigenvalue weighted by Crippen LogP contribution is -2.37. The summed E-state index contributed by atoms with van der Waals surface area (Å²) in [6.07, 6.45) is 0. The molecule has 0 saturated heterocycles. The molecule has 2 aromatic carbocycles. The summed E-state index contributed by atoms with van der Waals surface area (Å²) >= 11 is 9.06. The van der Waals surface area contributed by atoms with E-state index < -0.39 is 0 Å². The number of carbonyl (C=O) groups excluding carboxylic acids is 1. The Bertz CT molecular complexity index is 931. The van der Waals surface area contributed by atoms with Crippen LogP contribution in [0.15, 0.2) is 41.3 Å². The van der Waals surface area contributed by atoms with E-state index in [1.165, 1.54) is 17.3 Å². The van der Waals surface area contributed by atoms with E-state index in [0.29, 0.717) is 17.3 Å². The number of halogens is 1. The van der Waals surface area contributed by atoms with Crippen LogP contribution in [0, 0.1) is 13.8 Å². The van der Waals surface area contributed by atoms with Gasteiger partial charge in [0.25, 0.3) is 0 Å². The average molecular weight is 434 g/mol. The molecule has 0 unspecified atom stereocenters. The number of aryl methyl sites for hydroxylation is 2. The zero-order valence-electron chi connectivity index (χ0n) is 16.5. The first-order valence-electron chi connectivity index (χ1n) is 9.05. The number of rotatable bonds is 7. The quantitative estimate of drug-likeness (QED) is 0.476. The molecular formula is C21H24ClN3OS2. The number of thioether (sulfide) groups is 1. The molecule has 0 aliphatic heterocycles. The van der Waals surface area contributed by atoms with Gasteiger partial charge >= 0.3 is 0 Å². The number of carbonyl (C=O) groups is 1. The summed E-state index contributed by atoms with van der Waals surface area (Å²) in [5, 5.41) is 1.47. The van der Waals surface area contributed by atoms with Crippen LogP contribution in [0.4, 0.5) is 5.13 Å². The SMILES string of the molecule is Cc1ccc(C)c2sc(N(CCN(C)C)C(=O)CSc3ccc(Cl)cc3)nc12. The summed E-state index contributed by atoms with van der Waals surface area (Å²) in [5.74, 6) is 0.430. The third-order valence-corrected chi connectivity index (χ3v) is 6.87. The maximum atomic E-state index is 13.1. The first kappa shape index (κ1) is 21.1. The van der Waals surface area contributed by atoms with Gasteiger partial charge < -0.3 is 4.90 Å². The van der Waals surface area contributed by atoms with Crippen molar-refractivity contribution >= 4 is 56.0 Å². The van der Waals surface area contributed by atoms with Gasteiger partial charge in [-0.15, -0.1) is 11.8 Å². The van der Waals surface area contributed by atoms with Crippen LogP contribution in [0.1, 0.15) is 11.1 Å². The van der Waals surface area contributed by atoms with Crippen molar-refractivity contribution < 1.29 is 4.79 Å². The normalized spacial score (nSPS) is 11.4. The Morgan fingerprint density at radius 2 is 1.75 bits per heavy atom. The van der Waals surface area contributed by atoms with Crippen LogP contribution in [0.25, 0.3) is 10.2 Å². The summed E-state index contributed by atoms with van der Waals surface area (Å²) in [7, 11) is 4.02. The molecule has 7 heteroatoms. The van der Waals surface area contributed by atoms with Gasteiger partial charge in [0.05, 0.1) is 16.0 Å². The maximum Gasteiger partial charge on any atom is 0.239 e. The Labute approximate surface area is 179 Å². The number of anilines is 1. The number of benzene rings is 2. The molecule has 3 aromatic rings. The summed E-state index contributed by atoms with van der Waals surface area (Å²) < 4.78 is 1.16. The molecule has 28 heavy (non-hydrogen) atoms. The number of aromatic nitrogens is 1. The minimum absolute atomic E-state index is 0.0659. The predicted molar refractivity (Wildman–Crippen MR) is 122 cm³/mol. The second-order valence-electron chi connectivity index (χ2n) is 6.96. The van der Waals surface area contributed by atoms with E-state index >= 15 is 0 Å². The minimum atomic E-state index is 0.0659. The number of likely N-dealkylation sites (N-methyl/N-ethyl adjacent to an activating group) is 1. The number of thiazole rings is 1. The van der Waals surface area contributed by atoms with Crippen LogP contribution in [-0.4, -0.2) is 48.7 Å². The Hall–Kier alpha value is -1.60. The highest BCUT2D eigenvalue weighted by Gasteiger charge is 2.21. The zero-order valence-corrected chi connectivity index (χ0v) is 18.9. The van der Waals surface area contributed by atoms with Crippen molar-refractivity contribution in [1.29, 1.82) is 0 Å². The molecule has 0 spiro atoms. The van der Waals surface area contributed by atoms with Gasteiger partial charge in [0.2, 0.25) is 5.91 Å². The Kier molecular flexibility index (Phi) is 6.99. The van der Waals surface area contributed by atoms with Crippen LogP contribution in [0.5, 0.6) is 0 Å². The molecule has 3 rings (SSSR count). The van der Waals surface area contributed by atoms with E-state index in [2.05, 4.69) is 30.9 Å². The van der Waals surface area contributed by atoms with Gasteiger partial charge in [-0.3, -0.25) is 9.69 Å². The topological polar surface area (TPSA) is 36.4 Å². The van der Waals surface area contributed by atoms with E-state index in [9.17, 15) is 4.79 Å². The molecule has 1 amide bonds. The molecule has 1 heterocycles. The molecule has 0 fully saturated rings. The van der Waals surface area contributed by atoms with E-state index in [-0.39, 0.29) is 5.91 Å². The fraction of sp³-hybridized carbons (Fsp3) is 0.333. The molecule has 0 N–H and O–H groups in total. The second-order valence-corrected chi connectivity index (χ2v) is 9.43. The van der Waals surface area contributed by atoms with Crippen molar-refractivity contribution in [3.8, 4) is 0 Å². The van der Waals surface area contributed by atoms with E-state index in [4.69, 9.17) is 16.6 Å². The standard InChI is InChI=1S/C21H24ClN3OS2/c1-14-5-6-15(2)20-19(14)23-21(28-20)25(12-11-24(3)4)18(26)13-27-17-9-7-16(22)8-10-17/h5-10H,11-13H2,1-4H3. The number of amides is 1. The van der Waals surface area contributed by atoms with Crippen LogP contribution in [-0.2, 0) is 4.79 Å². The van der Waals surface area contributed by atoms with Crippen LogP contribution in [0.3, 0.4) is 0 Å². The van der Waals surface area contributed by atoms with Crippen molar-refractivity contribution in [2.75, 3.05) is 37.8 Å². The molecule has 0 radical (unpaired) electrons. The number of hydrogen-bond donors (Lipinski definition) is 0. The lowest BCUT2D eigenvalue weighted by atomic mass is 10.1. The first-order valence-corrected chi connectivity index (χ1v) is 11.2. The van der Waals surface area contributed by atoms with E-state index in [1.54, 1.807) is 11.3 Å². The maximum absolute atomic E-state index is 13.1. The summed E-state index contributed by atoms with van der Waals surface area (Å²) in [5.41, 5.74) is 3.33. The average Bonchev–Trinajstić information content (AvgIpc) is 3.10. The van der Waals surface area contributed by atoms with Crippen molar-refractivity contribution in [2.45, 2.75) is 18.7 Å². The fourth-order valence-corrected chi connectivity index (χ4v) is 4.80. The van der Waals surface area contributed by atoms with Gasteiger partial charge in [-0.05, 0) is 63.3 Å². The second kappa shape index (κ2) is 9.27. The van der Waals surface area contributed by atoms with Crippen molar-refractivity contribution in [3.05, 3.63) is 52.5 Å². The van der Waals surface area contributed by atoms with Gasteiger partial charge in [0.1, 0.15) is 0 Å². The third-order valence-electron chi connectivity index (χ3n) is 4.41. The number of fused-ring (bicyclic) bond motifs is 1. The van der Waals surface area contributed by atoms with Crippen LogP contribution in [0.2, 0.25) is 5.02 Å². The molecule has 1 aromatic heterocycles. The number of hydrogen-bond acceptors (Lipinski definition) is 5. The van der Waals surface area contributed by atoms with E-state index in [1.807, 2.05) is 43.3 Å². The molecule has 0 saturated carbocycles.